The Morgan fingerprint density at radius 3 is 2.05 bits per heavy atom. The highest BCUT2D eigenvalue weighted by Crippen LogP contribution is 2.20. The van der Waals surface area contributed by atoms with E-state index in [4.69, 9.17) is 0 Å². The molecule has 0 radical (unpaired) electrons. The van der Waals surface area contributed by atoms with Gasteiger partial charge < -0.3 is 10.0 Å². The summed E-state index contributed by atoms with van der Waals surface area (Å²) >= 11 is 0. The van der Waals surface area contributed by atoms with E-state index in [-0.39, 0.29) is 6.10 Å². The van der Waals surface area contributed by atoms with Gasteiger partial charge in [-0.15, -0.1) is 0 Å². The number of aliphatic hydroxyl groups is 1. The van der Waals surface area contributed by atoms with Crippen LogP contribution in [-0.2, 0) is 0 Å². The number of aryl methyl sites for hydroxylation is 2. The molecule has 1 aromatic rings. The molecule has 2 nitrogen and oxygen atoms in total. The van der Waals surface area contributed by atoms with Gasteiger partial charge in [0, 0.05) is 13.1 Å². The molecule has 1 atom stereocenters. The van der Waals surface area contributed by atoms with Crippen molar-refractivity contribution < 1.29 is 5.11 Å². The summed E-state index contributed by atoms with van der Waals surface area (Å²) in [6.45, 7) is 14.1. The smallest absolute Gasteiger partial charge is 0.0802 e. The second kappa shape index (κ2) is 9.22. The molecule has 1 N–H and O–H groups in total. The van der Waals surface area contributed by atoms with E-state index in [9.17, 15) is 5.11 Å². The second-order valence-corrected chi connectivity index (χ2v) is 6.30. The van der Waals surface area contributed by atoms with Crippen LogP contribution in [-0.4, -0.2) is 29.6 Å². The van der Waals surface area contributed by atoms with Gasteiger partial charge in [0.25, 0.3) is 0 Å². The molecule has 1 unspecified atom stereocenters. The fourth-order valence-electron chi connectivity index (χ4n) is 2.96. The first-order valence-electron chi connectivity index (χ1n) is 8.48. The molecular formula is C19H33NO. The molecule has 0 aliphatic heterocycles. The molecule has 0 bridgehead atoms. The third kappa shape index (κ3) is 6.19. The van der Waals surface area contributed by atoms with Crippen LogP contribution in [0.2, 0.25) is 0 Å². The Morgan fingerprint density at radius 2 is 1.57 bits per heavy atom. The fourth-order valence-corrected chi connectivity index (χ4v) is 2.96. The van der Waals surface area contributed by atoms with E-state index in [1.165, 1.54) is 24.0 Å². The molecule has 1 aromatic carbocycles. The van der Waals surface area contributed by atoms with Gasteiger partial charge in [-0.1, -0.05) is 62.9 Å². The predicted octanol–water partition coefficient (Wildman–Crippen LogP) is 4.49. The van der Waals surface area contributed by atoms with Crippen LogP contribution < -0.4 is 0 Å². The van der Waals surface area contributed by atoms with Gasteiger partial charge in [0.2, 0.25) is 0 Å². The Kier molecular flexibility index (Phi) is 7.98. The number of hydrogen-bond donors (Lipinski definition) is 1. The minimum atomic E-state index is -0.348. The summed E-state index contributed by atoms with van der Waals surface area (Å²) < 4.78 is 0. The van der Waals surface area contributed by atoms with Crippen molar-refractivity contribution in [3.05, 3.63) is 34.9 Å². The molecule has 0 saturated carbocycles. The summed E-state index contributed by atoms with van der Waals surface area (Å²) in [5.41, 5.74) is 3.52. The molecule has 0 saturated heterocycles. The zero-order valence-corrected chi connectivity index (χ0v) is 14.5. The molecule has 120 valence electrons. The van der Waals surface area contributed by atoms with Crippen LogP contribution >= 0.6 is 0 Å². The molecule has 0 aliphatic rings. The van der Waals surface area contributed by atoms with Crippen molar-refractivity contribution in [2.45, 2.75) is 60.0 Å². The first-order valence-corrected chi connectivity index (χ1v) is 8.48. The van der Waals surface area contributed by atoms with Crippen LogP contribution in [0.3, 0.4) is 0 Å². The van der Waals surface area contributed by atoms with E-state index in [0.29, 0.717) is 0 Å². The van der Waals surface area contributed by atoms with E-state index >= 15 is 0 Å². The maximum Gasteiger partial charge on any atom is 0.0802 e. The number of hydrogen-bond acceptors (Lipinski definition) is 2. The Morgan fingerprint density at radius 1 is 1.00 bits per heavy atom. The van der Waals surface area contributed by atoms with Crippen molar-refractivity contribution >= 4 is 0 Å². The Hall–Kier alpha value is -0.860. The normalized spacial score (nSPS) is 13.1. The largest absolute Gasteiger partial charge is 0.388 e. The quantitative estimate of drug-likeness (QED) is 0.725. The third-order valence-electron chi connectivity index (χ3n) is 4.47. The molecule has 0 fully saturated rings. The number of nitrogens with zero attached hydrogens (tertiary/aromatic N) is 1. The average Bonchev–Trinajstić information content (AvgIpc) is 2.46. The van der Waals surface area contributed by atoms with Gasteiger partial charge in [-0.05, 0) is 38.3 Å². The van der Waals surface area contributed by atoms with Gasteiger partial charge in [0.05, 0.1) is 6.10 Å². The summed E-state index contributed by atoms with van der Waals surface area (Å²) in [4.78, 5) is 2.48. The Labute approximate surface area is 131 Å². The molecular weight excluding hydrogens is 258 g/mol. The van der Waals surface area contributed by atoms with Crippen molar-refractivity contribution in [2.75, 3.05) is 19.6 Å². The van der Waals surface area contributed by atoms with Gasteiger partial charge in [-0.25, -0.2) is 0 Å². The SMILES string of the molecule is CCC(CC)CN(CC)CCC(O)c1cc(C)cc(C)c1. The van der Waals surface area contributed by atoms with Crippen molar-refractivity contribution in [2.24, 2.45) is 5.92 Å². The van der Waals surface area contributed by atoms with Gasteiger partial charge >= 0.3 is 0 Å². The van der Waals surface area contributed by atoms with Crippen molar-refractivity contribution in [3.8, 4) is 0 Å². The van der Waals surface area contributed by atoms with E-state index in [1.807, 2.05) is 0 Å². The van der Waals surface area contributed by atoms with Crippen LogP contribution in [0.5, 0.6) is 0 Å². The number of benzene rings is 1. The summed E-state index contributed by atoms with van der Waals surface area (Å²) in [5.74, 6) is 0.781. The lowest BCUT2D eigenvalue weighted by atomic mass is 10.00. The van der Waals surface area contributed by atoms with Gasteiger partial charge in [-0.2, -0.15) is 0 Å². The van der Waals surface area contributed by atoms with E-state index in [1.54, 1.807) is 0 Å². The van der Waals surface area contributed by atoms with Crippen LogP contribution in [0, 0.1) is 19.8 Å². The standard InChI is InChI=1S/C19H33NO/c1-6-17(7-2)14-20(8-3)10-9-19(21)18-12-15(4)11-16(5)13-18/h11-13,17,19,21H,6-10,14H2,1-5H3. The molecule has 0 spiro atoms. The zero-order valence-electron chi connectivity index (χ0n) is 14.5. The molecule has 0 heterocycles. The summed E-state index contributed by atoms with van der Waals surface area (Å²) in [6.07, 6.45) is 2.95. The van der Waals surface area contributed by atoms with Crippen LogP contribution in [0.15, 0.2) is 18.2 Å². The highest BCUT2D eigenvalue weighted by Gasteiger charge is 2.13. The van der Waals surface area contributed by atoms with Gasteiger partial charge in [0.15, 0.2) is 0 Å². The van der Waals surface area contributed by atoms with E-state index in [0.717, 1.165) is 37.5 Å². The molecule has 0 aliphatic carbocycles. The maximum atomic E-state index is 10.4. The summed E-state index contributed by atoms with van der Waals surface area (Å²) in [6, 6.07) is 6.37. The van der Waals surface area contributed by atoms with Crippen molar-refractivity contribution in [1.29, 1.82) is 0 Å². The summed E-state index contributed by atoms with van der Waals surface area (Å²) in [7, 11) is 0. The molecule has 21 heavy (non-hydrogen) atoms. The first-order chi connectivity index (χ1) is 9.99. The lowest BCUT2D eigenvalue weighted by molar-refractivity contribution is 0.136. The lowest BCUT2D eigenvalue weighted by Gasteiger charge is -2.26. The number of aliphatic hydroxyl groups excluding tert-OH is 1. The van der Waals surface area contributed by atoms with Crippen LogP contribution in [0.1, 0.15) is 62.8 Å². The minimum Gasteiger partial charge on any atom is -0.388 e. The van der Waals surface area contributed by atoms with E-state index < -0.39 is 0 Å². The topological polar surface area (TPSA) is 23.5 Å². The zero-order chi connectivity index (χ0) is 15.8. The monoisotopic (exact) mass is 291 g/mol. The van der Waals surface area contributed by atoms with Crippen molar-refractivity contribution in [1.82, 2.24) is 4.90 Å². The Bertz CT molecular complexity index is 392. The Balaban J connectivity index is 2.55. The second-order valence-electron chi connectivity index (χ2n) is 6.30. The highest BCUT2D eigenvalue weighted by molar-refractivity contribution is 5.29. The predicted molar refractivity (Wildman–Crippen MR) is 91.7 cm³/mol. The fraction of sp³-hybridized carbons (Fsp3) is 0.684. The van der Waals surface area contributed by atoms with E-state index in [2.05, 4.69) is 57.7 Å². The molecule has 0 amide bonds. The van der Waals surface area contributed by atoms with Gasteiger partial charge in [0.1, 0.15) is 0 Å². The summed E-state index contributed by atoms with van der Waals surface area (Å²) in [5, 5.41) is 10.4. The highest BCUT2D eigenvalue weighted by atomic mass is 16.3. The molecule has 1 rings (SSSR count). The van der Waals surface area contributed by atoms with Crippen molar-refractivity contribution in [3.63, 3.8) is 0 Å². The first kappa shape index (κ1) is 18.2. The minimum absolute atomic E-state index is 0.348. The lowest BCUT2D eigenvalue weighted by Crippen LogP contribution is -2.31. The van der Waals surface area contributed by atoms with Crippen LogP contribution in [0.25, 0.3) is 0 Å². The molecule has 0 aromatic heterocycles. The third-order valence-corrected chi connectivity index (χ3v) is 4.47. The number of rotatable bonds is 9. The maximum absolute atomic E-state index is 10.4. The molecule has 2 heteroatoms. The average molecular weight is 291 g/mol. The van der Waals surface area contributed by atoms with Gasteiger partial charge in [-0.3, -0.25) is 0 Å². The van der Waals surface area contributed by atoms with Crippen LogP contribution in [0.4, 0.5) is 0 Å².